The summed E-state index contributed by atoms with van der Waals surface area (Å²) in [5.74, 6) is 0.979. The van der Waals surface area contributed by atoms with Gasteiger partial charge in [-0.15, -0.1) is 0 Å². The SMILES string of the molecule is CC(=O)COC1CCC(Oc2c(Cl)cc(OCC=C(Cl)Cl)cc2Cl)CC1. The first kappa shape index (κ1) is 21.6. The molecular weight excluding hydrogens is 422 g/mol. The molecule has 0 heterocycles. The smallest absolute Gasteiger partial charge is 0.157 e. The van der Waals surface area contributed by atoms with Gasteiger partial charge >= 0.3 is 0 Å². The van der Waals surface area contributed by atoms with Crippen LogP contribution in [-0.2, 0) is 9.53 Å². The maximum Gasteiger partial charge on any atom is 0.157 e. The minimum absolute atomic E-state index is 0.00642. The summed E-state index contributed by atoms with van der Waals surface area (Å²) in [5, 5.41) is 0.756. The lowest BCUT2D eigenvalue weighted by atomic mass is 9.95. The third-order valence-corrected chi connectivity index (χ3v) is 4.76. The number of carbonyl (C=O) groups excluding carboxylic acids is 1. The predicted molar refractivity (Wildman–Crippen MR) is 105 cm³/mol. The molecule has 0 spiro atoms. The lowest BCUT2D eigenvalue weighted by molar-refractivity contribution is -0.124. The fourth-order valence-electron chi connectivity index (χ4n) is 2.65. The Balaban J connectivity index is 1.89. The Labute approximate surface area is 173 Å². The van der Waals surface area contributed by atoms with Gasteiger partial charge in [-0.1, -0.05) is 46.4 Å². The summed E-state index contributed by atoms with van der Waals surface area (Å²) in [6.07, 6.45) is 4.91. The Morgan fingerprint density at radius 3 is 2.23 bits per heavy atom. The van der Waals surface area contributed by atoms with E-state index in [4.69, 9.17) is 60.6 Å². The molecule has 4 nitrogen and oxygen atoms in total. The van der Waals surface area contributed by atoms with E-state index in [1.165, 1.54) is 13.0 Å². The van der Waals surface area contributed by atoms with E-state index in [-0.39, 0.29) is 35.7 Å². The number of benzene rings is 1. The van der Waals surface area contributed by atoms with Crippen molar-refractivity contribution in [3.63, 3.8) is 0 Å². The second-order valence-electron chi connectivity index (χ2n) is 6.05. The Hall–Kier alpha value is -0.650. The van der Waals surface area contributed by atoms with Crippen molar-refractivity contribution in [3.05, 3.63) is 32.7 Å². The maximum atomic E-state index is 11.0. The molecule has 0 amide bonds. The van der Waals surface area contributed by atoms with Crippen molar-refractivity contribution < 1.29 is 19.0 Å². The number of Topliss-reactive ketones (excluding diaryl/α,β-unsaturated/α-hetero) is 1. The monoisotopic (exact) mass is 440 g/mol. The average Bonchev–Trinajstić information content (AvgIpc) is 2.57. The topological polar surface area (TPSA) is 44.8 Å². The fraction of sp³-hybridized carbons (Fsp3) is 0.500. The second-order valence-corrected chi connectivity index (χ2v) is 7.87. The zero-order valence-electron chi connectivity index (χ0n) is 14.3. The van der Waals surface area contributed by atoms with Crippen LogP contribution in [0.3, 0.4) is 0 Å². The molecule has 0 atom stereocenters. The molecular formula is C18H20Cl4O4. The highest BCUT2D eigenvalue weighted by Gasteiger charge is 2.25. The molecule has 144 valence electrons. The average molecular weight is 442 g/mol. The summed E-state index contributed by atoms with van der Waals surface area (Å²) >= 11 is 23.6. The highest BCUT2D eigenvalue weighted by atomic mass is 35.5. The van der Waals surface area contributed by atoms with Crippen molar-refractivity contribution in [1.82, 2.24) is 0 Å². The van der Waals surface area contributed by atoms with E-state index in [9.17, 15) is 4.79 Å². The van der Waals surface area contributed by atoms with Crippen molar-refractivity contribution in [2.75, 3.05) is 13.2 Å². The number of rotatable bonds is 8. The van der Waals surface area contributed by atoms with Crippen molar-refractivity contribution >= 4 is 52.2 Å². The second kappa shape index (κ2) is 10.6. The minimum atomic E-state index is 0.00642. The molecule has 0 aromatic heterocycles. The molecule has 1 saturated carbocycles. The summed E-state index contributed by atoms with van der Waals surface area (Å²) in [7, 11) is 0. The quantitative estimate of drug-likeness (QED) is 0.497. The largest absolute Gasteiger partial charge is 0.489 e. The first-order valence-electron chi connectivity index (χ1n) is 8.26. The number of hydrogen-bond acceptors (Lipinski definition) is 4. The minimum Gasteiger partial charge on any atom is -0.489 e. The van der Waals surface area contributed by atoms with Crippen LogP contribution in [0.5, 0.6) is 11.5 Å². The molecule has 0 saturated heterocycles. The van der Waals surface area contributed by atoms with Crippen LogP contribution in [0.2, 0.25) is 10.0 Å². The number of halogens is 4. The van der Waals surface area contributed by atoms with Crippen molar-refractivity contribution in [3.8, 4) is 11.5 Å². The summed E-state index contributed by atoms with van der Waals surface area (Å²) in [4.78, 5) is 11.0. The van der Waals surface area contributed by atoms with Crippen LogP contribution in [-0.4, -0.2) is 31.2 Å². The van der Waals surface area contributed by atoms with E-state index in [2.05, 4.69) is 0 Å². The number of hydrogen-bond donors (Lipinski definition) is 0. The molecule has 8 heteroatoms. The van der Waals surface area contributed by atoms with Gasteiger partial charge in [0.2, 0.25) is 0 Å². The molecule has 0 N–H and O–H groups in total. The zero-order chi connectivity index (χ0) is 19.1. The van der Waals surface area contributed by atoms with Crippen LogP contribution in [0, 0.1) is 0 Å². The molecule has 0 unspecified atom stereocenters. The molecule has 1 fully saturated rings. The van der Waals surface area contributed by atoms with E-state index in [0.717, 1.165) is 25.7 Å². The standard InChI is InChI=1S/C18H20Cl4O4/c1-11(23)10-25-12-2-4-13(5-3-12)26-18-15(19)8-14(9-16(18)20)24-7-6-17(21)22/h6,8-9,12-13H,2-5,7,10H2,1H3. The van der Waals surface area contributed by atoms with E-state index >= 15 is 0 Å². The van der Waals surface area contributed by atoms with Gasteiger partial charge in [-0.25, -0.2) is 0 Å². The van der Waals surface area contributed by atoms with Crippen molar-refractivity contribution in [2.24, 2.45) is 0 Å². The molecule has 26 heavy (non-hydrogen) atoms. The van der Waals surface area contributed by atoms with Gasteiger partial charge in [0.05, 0.1) is 22.3 Å². The maximum absolute atomic E-state index is 11.0. The van der Waals surface area contributed by atoms with Crippen LogP contribution in [0.25, 0.3) is 0 Å². The van der Waals surface area contributed by atoms with E-state index < -0.39 is 0 Å². The van der Waals surface area contributed by atoms with Gasteiger partial charge in [0.15, 0.2) is 11.5 Å². The lowest BCUT2D eigenvalue weighted by Crippen LogP contribution is -2.29. The summed E-state index contributed by atoms with van der Waals surface area (Å²) in [6, 6.07) is 3.28. The van der Waals surface area contributed by atoms with Crippen LogP contribution >= 0.6 is 46.4 Å². The summed E-state index contributed by atoms with van der Waals surface area (Å²) in [5.41, 5.74) is 0. The lowest BCUT2D eigenvalue weighted by Gasteiger charge is -2.29. The molecule has 1 aromatic carbocycles. The van der Waals surface area contributed by atoms with Crippen molar-refractivity contribution in [1.29, 1.82) is 0 Å². The Morgan fingerprint density at radius 2 is 1.69 bits per heavy atom. The molecule has 1 aliphatic rings. The molecule has 1 aromatic rings. The molecule has 1 aliphatic carbocycles. The highest BCUT2D eigenvalue weighted by Crippen LogP contribution is 2.39. The first-order chi connectivity index (χ1) is 12.3. The number of ether oxygens (including phenoxy) is 3. The van der Waals surface area contributed by atoms with E-state index in [1.807, 2.05) is 0 Å². The summed E-state index contributed by atoms with van der Waals surface area (Å²) in [6.45, 7) is 1.89. The number of ketones is 1. The van der Waals surface area contributed by atoms with Gasteiger partial charge in [0, 0.05) is 12.1 Å². The van der Waals surface area contributed by atoms with E-state index in [0.29, 0.717) is 21.5 Å². The molecule has 0 bridgehead atoms. The predicted octanol–water partition coefficient (Wildman–Crippen LogP) is 5.99. The van der Waals surface area contributed by atoms with Gasteiger partial charge in [-0.2, -0.15) is 0 Å². The zero-order valence-corrected chi connectivity index (χ0v) is 17.3. The van der Waals surface area contributed by atoms with Crippen LogP contribution in [0.15, 0.2) is 22.7 Å². The third-order valence-electron chi connectivity index (χ3n) is 3.89. The molecule has 0 radical (unpaired) electrons. The first-order valence-corrected chi connectivity index (χ1v) is 9.77. The molecule has 0 aliphatic heterocycles. The Morgan fingerprint density at radius 1 is 1.12 bits per heavy atom. The van der Waals surface area contributed by atoms with Gasteiger partial charge in [0.25, 0.3) is 0 Å². The Bertz CT molecular complexity index is 628. The van der Waals surface area contributed by atoms with Gasteiger partial charge in [-0.05, 0) is 38.7 Å². The third kappa shape index (κ3) is 7.16. The Kier molecular flexibility index (Phi) is 8.85. The van der Waals surface area contributed by atoms with Crippen LogP contribution in [0.1, 0.15) is 32.6 Å². The van der Waals surface area contributed by atoms with Gasteiger partial charge < -0.3 is 14.2 Å². The van der Waals surface area contributed by atoms with Crippen molar-refractivity contribution in [2.45, 2.75) is 44.8 Å². The van der Waals surface area contributed by atoms with Gasteiger partial charge in [0.1, 0.15) is 23.5 Å². The van der Waals surface area contributed by atoms with Crippen LogP contribution < -0.4 is 9.47 Å². The van der Waals surface area contributed by atoms with Crippen LogP contribution in [0.4, 0.5) is 0 Å². The van der Waals surface area contributed by atoms with Gasteiger partial charge in [-0.3, -0.25) is 4.79 Å². The number of carbonyl (C=O) groups is 1. The summed E-state index contributed by atoms with van der Waals surface area (Å²) < 4.78 is 17.2. The highest BCUT2D eigenvalue weighted by molar-refractivity contribution is 6.55. The fourth-order valence-corrected chi connectivity index (χ4v) is 3.33. The van der Waals surface area contributed by atoms with E-state index in [1.54, 1.807) is 12.1 Å². The molecule has 2 rings (SSSR count). The normalized spacial score (nSPS) is 19.7.